The number of rotatable bonds is 9. The van der Waals surface area contributed by atoms with Crippen molar-refractivity contribution in [1.29, 1.82) is 0 Å². The van der Waals surface area contributed by atoms with Gasteiger partial charge in [-0.1, -0.05) is 18.5 Å². The minimum Gasteiger partial charge on any atom is -0.494 e. The fraction of sp³-hybridized carbons (Fsp3) is 0.238. The first kappa shape index (κ1) is 21.8. The molecule has 11 heteroatoms. The molecule has 4 rings (SSSR count). The van der Waals surface area contributed by atoms with Crippen LogP contribution in [0.1, 0.15) is 12.7 Å². The number of nitrogens with one attached hydrogen (secondary N) is 1. The van der Waals surface area contributed by atoms with E-state index in [2.05, 4.69) is 31.8 Å². The Labute approximate surface area is 191 Å². The van der Waals surface area contributed by atoms with E-state index in [1.54, 1.807) is 38.9 Å². The Morgan fingerprint density at radius 3 is 2.44 bits per heavy atom. The molecule has 162 valence electrons. The fourth-order valence-corrected chi connectivity index (χ4v) is 3.77. The molecule has 0 aliphatic carbocycles. The summed E-state index contributed by atoms with van der Waals surface area (Å²) in [7, 11) is 8.87. The molecular formula is C21H21BN6O3S. The van der Waals surface area contributed by atoms with E-state index in [0.29, 0.717) is 52.4 Å². The number of nitrogens with zero attached hydrogens (tertiary/aromatic N) is 5. The third-order valence-corrected chi connectivity index (χ3v) is 5.45. The fourth-order valence-electron chi connectivity index (χ4n) is 3.10. The van der Waals surface area contributed by atoms with Gasteiger partial charge < -0.3 is 13.9 Å². The number of aromatic nitrogens is 5. The lowest BCUT2D eigenvalue weighted by atomic mass is 10.0. The Kier molecular flexibility index (Phi) is 6.65. The van der Waals surface area contributed by atoms with Crippen molar-refractivity contribution in [1.82, 2.24) is 24.7 Å². The highest BCUT2D eigenvalue weighted by molar-refractivity contribution is 8.01. The third kappa shape index (κ3) is 4.57. The smallest absolute Gasteiger partial charge is 0.239 e. The second-order valence-electron chi connectivity index (χ2n) is 6.84. The molecule has 3 heterocycles. The van der Waals surface area contributed by atoms with Gasteiger partial charge in [-0.15, -0.1) is 10.2 Å². The highest BCUT2D eigenvalue weighted by Crippen LogP contribution is 2.38. The van der Waals surface area contributed by atoms with Gasteiger partial charge in [0, 0.05) is 24.1 Å². The van der Waals surface area contributed by atoms with E-state index < -0.39 is 0 Å². The van der Waals surface area contributed by atoms with Gasteiger partial charge in [-0.3, -0.25) is 9.29 Å². The van der Waals surface area contributed by atoms with Crippen LogP contribution in [0.4, 0.5) is 5.95 Å². The van der Waals surface area contributed by atoms with E-state index >= 15 is 0 Å². The molecule has 2 radical (unpaired) electrons. The lowest BCUT2D eigenvalue weighted by molar-refractivity contribution is 0.391. The molecule has 0 saturated carbocycles. The molecule has 9 nitrogen and oxygen atoms in total. The molecule has 1 unspecified atom stereocenters. The maximum atomic E-state index is 5.67. The first-order valence-corrected chi connectivity index (χ1v) is 10.7. The van der Waals surface area contributed by atoms with Crippen LogP contribution in [0.3, 0.4) is 0 Å². The minimum atomic E-state index is 0.135. The normalized spacial score (nSPS) is 11.8. The van der Waals surface area contributed by atoms with Crippen molar-refractivity contribution in [3.05, 3.63) is 54.8 Å². The molecule has 3 aromatic heterocycles. The van der Waals surface area contributed by atoms with Crippen LogP contribution >= 0.6 is 11.9 Å². The molecule has 0 aliphatic heterocycles. The van der Waals surface area contributed by atoms with Gasteiger partial charge in [-0.2, -0.15) is 0 Å². The lowest BCUT2D eigenvalue weighted by Gasteiger charge is -2.17. The number of para-hydroxylation sites is 1. The van der Waals surface area contributed by atoms with E-state index in [4.69, 9.17) is 21.7 Å². The van der Waals surface area contributed by atoms with E-state index in [-0.39, 0.29) is 5.25 Å². The maximum absolute atomic E-state index is 5.67. The Morgan fingerprint density at radius 2 is 1.81 bits per heavy atom. The summed E-state index contributed by atoms with van der Waals surface area (Å²) in [6.45, 7) is 2.06. The number of hydrogen-bond donors (Lipinski definition) is 1. The van der Waals surface area contributed by atoms with Gasteiger partial charge in [0.2, 0.25) is 11.8 Å². The molecule has 0 amide bonds. The molecule has 0 spiro atoms. The zero-order valence-electron chi connectivity index (χ0n) is 17.8. The van der Waals surface area contributed by atoms with Gasteiger partial charge in [0.05, 0.1) is 20.5 Å². The van der Waals surface area contributed by atoms with Gasteiger partial charge in [-0.25, -0.2) is 9.97 Å². The van der Waals surface area contributed by atoms with Crippen molar-refractivity contribution < 1.29 is 13.9 Å². The van der Waals surface area contributed by atoms with Gasteiger partial charge in [0.1, 0.15) is 30.9 Å². The highest BCUT2D eigenvalue weighted by Gasteiger charge is 2.24. The van der Waals surface area contributed by atoms with Crippen LogP contribution in [-0.2, 0) is 6.42 Å². The standard InChI is InChI=1S/C21H21BN6O3S/c1-13(10-18-23-11-14(22)12-24-18)32-27-21-26-25-20(17-8-5-9-31-17)28(21)19-15(29-2)6-4-7-16(19)30-3/h4-9,11-13H,10H2,1-3H3,(H,26,27). The van der Waals surface area contributed by atoms with Crippen LogP contribution in [0.25, 0.3) is 17.3 Å². The largest absolute Gasteiger partial charge is 0.494 e. The number of benzene rings is 1. The summed E-state index contributed by atoms with van der Waals surface area (Å²) in [5.74, 6) is 3.49. The number of ether oxygens (including phenoxy) is 2. The molecule has 4 aromatic rings. The number of hydrogen-bond acceptors (Lipinski definition) is 9. The molecule has 0 bridgehead atoms. The monoisotopic (exact) mass is 448 g/mol. The zero-order chi connectivity index (χ0) is 22.5. The molecule has 32 heavy (non-hydrogen) atoms. The van der Waals surface area contributed by atoms with E-state index in [1.165, 1.54) is 11.9 Å². The first-order valence-electron chi connectivity index (χ1n) is 9.79. The van der Waals surface area contributed by atoms with Crippen molar-refractivity contribution in [2.75, 3.05) is 18.9 Å². The average molecular weight is 448 g/mol. The second kappa shape index (κ2) is 9.78. The predicted molar refractivity (Wildman–Crippen MR) is 124 cm³/mol. The molecule has 0 saturated heterocycles. The molecule has 0 aliphatic rings. The molecule has 0 fully saturated rings. The number of anilines is 1. The lowest BCUT2D eigenvalue weighted by Crippen LogP contribution is -2.13. The summed E-state index contributed by atoms with van der Waals surface area (Å²) in [6.07, 6.45) is 5.44. The topological polar surface area (TPSA) is 100 Å². The highest BCUT2D eigenvalue weighted by atomic mass is 32.2. The van der Waals surface area contributed by atoms with Gasteiger partial charge in [-0.05, 0) is 36.2 Å². The zero-order valence-corrected chi connectivity index (χ0v) is 18.7. The van der Waals surface area contributed by atoms with E-state index in [9.17, 15) is 0 Å². The van der Waals surface area contributed by atoms with Gasteiger partial charge in [0.25, 0.3) is 0 Å². The van der Waals surface area contributed by atoms with Crippen molar-refractivity contribution in [3.63, 3.8) is 0 Å². The predicted octanol–water partition coefficient (Wildman–Crippen LogP) is 2.82. The van der Waals surface area contributed by atoms with E-state index in [0.717, 1.165) is 0 Å². The van der Waals surface area contributed by atoms with Crippen molar-refractivity contribution >= 4 is 31.2 Å². The Balaban J connectivity index is 1.66. The number of methoxy groups -OCH3 is 2. The quantitative estimate of drug-likeness (QED) is 0.306. The van der Waals surface area contributed by atoms with Crippen LogP contribution < -0.4 is 19.7 Å². The minimum absolute atomic E-state index is 0.135. The van der Waals surface area contributed by atoms with Crippen LogP contribution in [-0.4, -0.2) is 52.0 Å². The summed E-state index contributed by atoms with van der Waals surface area (Å²) in [4.78, 5) is 8.53. The number of furan rings is 1. The van der Waals surface area contributed by atoms with Crippen LogP contribution in [0, 0.1) is 0 Å². The van der Waals surface area contributed by atoms with Crippen LogP contribution in [0.2, 0.25) is 0 Å². The summed E-state index contributed by atoms with van der Waals surface area (Å²) in [6, 6.07) is 9.17. The Hall–Kier alpha value is -3.47. The van der Waals surface area contributed by atoms with Crippen molar-refractivity contribution in [2.24, 2.45) is 0 Å². The summed E-state index contributed by atoms with van der Waals surface area (Å²) in [5.41, 5.74) is 1.20. The molecule has 1 N–H and O–H groups in total. The maximum Gasteiger partial charge on any atom is 0.239 e. The van der Waals surface area contributed by atoms with Crippen molar-refractivity contribution in [3.8, 4) is 28.8 Å². The summed E-state index contributed by atoms with van der Waals surface area (Å²) in [5, 5.41) is 8.84. The Bertz CT molecular complexity index is 1140. The first-order chi connectivity index (χ1) is 15.6. The third-order valence-electron chi connectivity index (χ3n) is 4.58. The van der Waals surface area contributed by atoms with Gasteiger partial charge >= 0.3 is 0 Å². The average Bonchev–Trinajstić information content (AvgIpc) is 3.48. The van der Waals surface area contributed by atoms with E-state index in [1.807, 2.05) is 28.8 Å². The molecule has 1 atom stereocenters. The molecular weight excluding hydrogens is 427 g/mol. The summed E-state index contributed by atoms with van der Waals surface area (Å²) >= 11 is 1.48. The van der Waals surface area contributed by atoms with Crippen LogP contribution in [0.15, 0.2) is 53.4 Å². The SMILES string of the molecule is [B]c1cnc(CC(C)SNc2nnc(-c3ccco3)n2-c2c(OC)cccc2OC)nc1. The van der Waals surface area contributed by atoms with Crippen LogP contribution in [0.5, 0.6) is 11.5 Å². The molecule has 1 aromatic carbocycles. The second-order valence-corrected chi connectivity index (χ2v) is 8.08. The Morgan fingerprint density at radius 1 is 1.09 bits per heavy atom. The summed E-state index contributed by atoms with van der Waals surface area (Å²) < 4.78 is 21.9. The van der Waals surface area contributed by atoms with Gasteiger partial charge in [0.15, 0.2) is 5.76 Å². The van der Waals surface area contributed by atoms with Crippen molar-refractivity contribution in [2.45, 2.75) is 18.6 Å².